The third-order valence-corrected chi connectivity index (χ3v) is 6.14. The molecule has 0 aliphatic rings. The summed E-state index contributed by atoms with van der Waals surface area (Å²) in [7, 11) is -3.26. The molecule has 0 radical (unpaired) electrons. The minimum Gasteiger partial charge on any atom is -0.423 e. The van der Waals surface area contributed by atoms with Crippen molar-refractivity contribution >= 4 is 38.5 Å². The number of amides is 1. The van der Waals surface area contributed by atoms with Gasteiger partial charge >= 0.3 is 0 Å². The van der Waals surface area contributed by atoms with E-state index in [1.807, 2.05) is 42.5 Å². The number of nitrogens with zero attached hydrogens (tertiary/aromatic N) is 1. The van der Waals surface area contributed by atoms with Crippen LogP contribution in [0.5, 0.6) is 0 Å². The number of nitrogens with one attached hydrogen (secondary N) is 2. The first-order chi connectivity index (χ1) is 15.8. The Bertz CT molecular complexity index is 1380. The van der Waals surface area contributed by atoms with Gasteiger partial charge in [0.2, 0.25) is 5.91 Å². The Labute approximate surface area is 191 Å². The lowest BCUT2D eigenvalue weighted by Crippen LogP contribution is -2.27. The maximum atomic E-state index is 11.8. The number of oxazole rings is 1. The van der Waals surface area contributed by atoms with E-state index in [9.17, 15) is 13.2 Å². The second-order valence-corrected chi connectivity index (χ2v) is 9.56. The number of carbonyl (C=O) groups is 1. The molecule has 0 unspecified atom stereocenters. The largest absolute Gasteiger partial charge is 0.423 e. The zero-order valence-electron chi connectivity index (χ0n) is 17.9. The summed E-state index contributed by atoms with van der Waals surface area (Å²) in [5.74, 6) is -0.144. The second kappa shape index (κ2) is 9.43. The number of fused-ring (bicyclic) bond motifs is 1. The highest BCUT2D eigenvalue weighted by Crippen LogP contribution is 2.32. The predicted molar refractivity (Wildman–Crippen MR) is 126 cm³/mol. The van der Waals surface area contributed by atoms with E-state index in [0.29, 0.717) is 22.8 Å². The van der Waals surface area contributed by atoms with Crippen LogP contribution in [-0.4, -0.2) is 43.8 Å². The van der Waals surface area contributed by atoms with E-state index in [1.54, 1.807) is 12.1 Å². The number of aliphatic hydroxyl groups excluding tert-OH is 1. The summed E-state index contributed by atoms with van der Waals surface area (Å²) < 4.78 is 29.2. The molecule has 1 heterocycles. The van der Waals surface area contributed by atoms with Gasteiger partial charge < -0.3 is 20.2 Å². The fraction of sp³-hybridized carbons (Fsp3) is 0.167. The molecule has 0 saturated heterocycles. The summed E-state index contributed by atoms with van der Waals surface area (Å²) in [5.41, 5.74) is 4.58. The average molecular weight is 466 g/mol. The van der Waals surface area contributed by atoms with Crippen LogP contribution in [0.4, 0.5) is 11.7 Å². The normalized spacial score (nSPS) is 11.5. The number of para-hydroxylation sites is 1. The molecule has 170 valence electrons. The highest BCUT2D eigenvalue weighted by atomic mass is 32.2. The Hall–Kier alpha value is -3.69. The van der Waals surface area contributed by atoms with E-state index in [4.69, 9.17) is 9.52 Å². The van der Waals surface area contributed by atoms with Gasteiger partial charge in [-0.1, -0.05) is 36.4 Å². The van der Waals surface area contributed by atoms with E-state index in [2.05, 4.69) is 15.6 Å². The number of anilines is 2. The predicted octanol–water partition coefficient (Wildman–Crippen LogP) is 3.29. The number of hydrogen-bond donors (Lipinski definition) is 3. The van der Waals surface area contributed by atoms with Gasteiger partial charge in [-0.15, -0.1) is 0 Å². The Balaban J connectivity index is 1.54. The zero-order chi connectivity index (χ0) is 23.4. The summed E-state index contributed by atoms with van der Waals surface area (Å²) in [6.07, 6.45) is 1.40. The van der Waals surface area contributed by atoms with Gasteiger partial charge in [0.15, 0.2) is 15.4 Å². The van der Waals surface area contributed by atoms with Crippen LogP contribution in [0.15, 0.2) is 76.0 Å². The van der Waals surface area contributed by atoms with E-state index in [1.165, 1.54) is 12.1 Å². The second-order valence-electron chi connectivity index (χ2n) is 7.54. The molecule has 3 N–H and O–H groups in total. The quantitative estimate of drug-likeness (QED) is 0.365. The van der Waals surface area contributed by atoms with Gasteiger partial charge in [0.25, 0.3) is 6.01 Å². The van der Waals surface area contributed by atoms with Crippen LogP contribution in [0.2, 0.25) is 0 Å². The van der Waals surface area contributed by atoms with Crippen molar-refractivity contribution < 1.29 is 22.7 Å². The highest BCUT2D eigenvalue weighted by molar-refractivity contribution is 7.90. The van der Waals surface area contributed by atoms with E-state index in [0.717, 1.165) is 22.9 Å². The summed E-state index contributed by atoms with van der Waals surface area (Å²) in [5, 5.41) is 14.5. The van der Waals surface area contributed by atoms with Crippen molar-refractivity contribution in [3.63, 3.8) is 0 Å². The van der Waals surface area contributed by atoms with Crippen molar-refractivity contribution in [2.45, 2.75) is 11.3 Å². The molecule has 3 aromatic carbocycles. The van der Waals surface area contributed by atoms with E-state index in [-0.39, 0.29) is 30.4 Å². The summed E-state index contributed by atoms with van der Waals surface area (Å²) in [4.78, 5) is 16.6. The maximum Gasteiger partial charge on any atom is 0.300 e. The maximum absolute atomic E-state index is 11.8. The molecule has 4 aromatic rings. The van der Waals surface area contributed by atoms with Crippen LogP contribution in [-0.2, 0) is 21.1 Å². The van der Waals surface area contributed by atoms with Gasteiger partial charge in [0.1, 0.15) is 5.52 Å². The summed E-state index contributed by atoms with van der Waals surface area (Å²) in [6.45, 7) is 0.150. The first-order valence-corrected chi connectivity index (χ1v) is 12.2. The number of benzene rings is 3. The van der Waals surface area contributed by atoms with Crippen LogP contribution in [0.1, 0.15) is 5.56 Å². The molecule has 9 heteroatoms. The number of rotatable bonds is 8. The molecule has 4 rings (SSSR count). The summed E-state index contributed by atoms with van der Waals surface area (Å²) >= 11 is 0. The number of sulfone groups is 1. The molecule has 1 aromatic heterocycles. The van der Waals surface area contributed by atoms with Crippen LogP contribution in [0, 0.1) is 0 Å². The Morgan fingerprint density at radius 1 is 1.03 bits per heavy atom. The van der Waals surface area contributed by atoms with Gasteiger partial charge in [-0.2, -0.15) is 4.98 Å². The van der Waals surface area contributed by atoms with Crippen LogP contribution >= 0.6 is 0 Å². The van der Waals surface area contributed by atoms with Crippen molar-refractivity contribution in [3.05, 3.63) is 72.3 Å². The van der Waals surface area contributed by atoms with Gasteiger partial charge in [-0.3, -0.25) is 4.79 Å². The molecule has 8 nitrogen and oxygen atoms in total. The Morgan fingerprint density at radius 2 is 1.76 bits per heavy atom. The first-order valence-electron chi connectivity index (χ1n) is 10.3. The molecular formula is C24H23N3O5S. The minimum absolute atomic E-state index is 0.0886. The molecule has 33 heavy (non-hydrogen) atoms. The number of carbonyl (C=O) groups excluding carboxylic acids is 1. The lowest BCUT2D eigenvalue weighted by molar-refractivity contribution is -0.120. The molecule has 0 saturated carbocycles. The van der Waals surface area contributed by atoms with Crippen molar-refractivity contribution in [3.8, 4) is 11.1 Å². The van der Waals surface area contributed by atoms with Crippen molar-refractivity contribution in [2.75, 3.05) is 24.7 Å². The molecule has 0 bridgehead atoms. The molecule has 1 amide bonds. The van der Waals surface area contributed by atoms with Crippen LogP contribution in [0.3, 0.4) is 0 Å². The highest BCUT2D eigenvalue weighted by Gasteiger charge is 2.13. The SMILES string of the molecule is CS(=O)(=O)c1ccc(Nc2nc3cccc(-c4ccc(CC(=O)NCCO)cc4)c3o2)cc1. The average Bonchev–Trinajstić information content (AvgIpc) is 3.20. The molecule has 0 aliphatic heterocycles. The van der Waals surface area contributed by atoms with Gasteiger partial charge in [0, 0.05) is 24.1 Å². The van der Waals surface area contributed by atoms with Gasteiger partial charge in [0.05, 0.1) is 17.9 Å². The first kappa shape index (κ1) is 22.5. The molecule has 0 aliphatic carbocycles. The molecule has 0 fully saturated rings. The third-order valence-electron chi connectivity index (χ3n) is 5.01. The molecular weight excluding hydrogens is 442 g/mol. The monoisotopic (exact) mass is 465 g/mol. The Kier molecular flexibility index (Phi) is 6.43. The van der Waals surface area contributed by atoms with Crippen LogP contribution < -0.4 is 10.6 Å². The Morgan fingerprint density at radius 3 is 2.42 bits per heavy atom. The minimum atomic E-state index is -3.26. The number of aliphatic hydroxyl groups is 1. The number of aromatic nitrogens is 1. The molecule has 0 spiro atoms. The third kappa shape index (κ3) is 5.39. The van der Waals surface area contributed by atoms with Crippen molar-refractivity contribution in [2.24, 2.45) is 0 Å². The smallest absolute Gasteiger partial charge is 0.300 e. The summed E-state index contributed by atoms with van der Waals surface area (Å²) in [6, 6.07) is 19.9. The van der Waals surface area contributed by atoms with E-state index < -0.39 is 9.84 Å². The lowest BCUT2D eigenvalue weighted by atomic mass is 10.0. The standard InChI is InChI=1S/C24H23N3O5S/c1-33(30,31)19-11-9-18(10-12-19)26-24-27-21-4-2-3-20(23(21)32-24)17-7-5-16(6-8-17)15-22(29)25-13-14-28/h2-12,28H,13-15H2,1H3,(H,25,29)(H,26,27). The van der Waals surface area contributed by atoms with Crippen molar-refractivity contribution in [1.29, 1.82) is 0 Å². The number of hydrogen-bond acceptors (Lipinski definition) is 7. The fourth-order valence-corrected chi connectivity index (χ4v) is 4.01. The zero-order valence-corrected chi connectivity index (χ0v) is 18.7. The van der Waals surface area contributed by atoms with Crippen LogP contribution in [0.25, 0.3) is 22.2 Å². The fourth-order valence-electron chi connectivity index (χ4n) is 3.38. The molecule has 0 atom stereocenters. The lowest BCUT2D eigenvalue weighted by Gasteiger charge is -2.06. The van der Waals surface area contributed by atoms with E-state index >= 15 is 0 Å². The topological polar surface area (TPSA) is 122 Å². The van der Waals surface area contributed by atoms with Crippen molar-refractivity contribution in [1.82, 2.24) is 10.3 Å². The van der Waals surface area contributed by atoms with Gasteiger partial charge in [-0.05, 0) is 41.5 Å². The van der Waals surface area contributed by atoms with Gasteiger partial charge in [-0.25, -0.2) is 8.42 Å².